The van der Waals surface area contributed by atoms with Crippen LogP contribution >= 0.6 is 0 Å². The summed E-state index contributed by atoms with van der Waals surface area (Å²) in [5.74, 6) is -2.28. The minimum Gasteiger partial charge on any atom is -0.481 e. The molecule has 1 saturated carbocycles. The van der Waals surface area contributed by atoms with Gasteiger partial charge in [0.25, 0.3) is 0 Å². The number of rotatable bonds is 6. The Morgan fingerprint density at radius 3 is 2.08 bits per heavy atom. The first-order valence-electron chi connectivity index (χ1n) is 8.45. The van der Waals surface area contributed by atoms with Crippen LogP contribution in [0.25, 0.3) is 0 Å². The van der Waals surface area contributed by atoms with Crippen LogP contribution in [0.4, 0.5) is 11.4 Å². The molecule has 1 aliphatic carbocycles. The topological polar surface area (TPSA) is 95.5 Å². The van der Waals surface area contributed by atoms with Gasteiger partial charge in [-0.2, -0.15) is 0 Å². The molecule has 2 amide bonds. The standard InChI is InChI=1S/C18H24N2O4/c1-2-5-16(21)19-12-8-10-13(11-9-12)20-17(22)14-6-3-4-7-15(14)18(23)24/h8-11,14-15H,2-7H2,1H3,(H,19,21)(H,20,22)(H,23,24)/t14-,15-/m1/s1. The molecule has 0 heterocycles. The van der Waals surface area contributed by atoms with Crippen LogP contribution in [0.15, 0.2) is 24.3 Å². The number of carbonyl (C=O) groups is 3. The van der Waals surface area contributed by atoms with Crippen molar-refractivity contribution in [2.45, 2.75) is 45.4 Å². The molecule has 2 rings (SSSR count). The fourth-order valence-electron chi connectivity index (χ4n) is 3.06. The van der Waals surface area contributed by atoms with E-state index in [1.165, 1.54) is 0 Å². The minimum atomic E-state index is -0.899. The smallest absolute Gasteiger partial charge is 0.307 e. The zero-order valence-corrected chi connectivity index (χ0v) is 13.9. The molecule has 0 saturated heterocycles. The summed E-state index contributed by atoms with van der Waals surface area (Å²) in [5.41, 5.74) is 1.27. The van der Waals surface area contributed by atoms with Crippen molar-refractivity contribution in [2.75, 3.05) is 10.6 Å². The zero-order valence-electron chi connectivity index (χ0n) is 13.9. The van der Waals surface area contributed by atoms with E-state index >= 15 is 0 Å². The van der Waals surface area contributed by atoms with E-state index < -0.39 is 17.8 Å². The number of carboxylic acids is 1. The van der Waals surface area contributed by atoms with Gasteiger partial charge >= 0.3 is 5.97 Å². The predicted octanol–water partition coefficient (Wildman–Crippen LogP) is 3.25. The summed E-state index contributed by atoms with van der Waals surface area (Å²) < 4.78 is 0. The maximum absolute atomic E-state index is 12.4. The summed E-state index contributed by atoms with van der Waals surface area (Å²) in [7, 11) is 0. The number of hydrogen-bond acceptors (Lipinski definition) is 3. The van der Waals surface area contributed by atoms with Crippen LogP contribution in [0.2, 0.25) is 0 Å². The van der Waals surface area contributed by atoms with Gasteiger partial charge in [-0.25, -0.2) is 0 Å². The Morgan fingerprint density at radius 2 is 1.54 bits per heavy atom. The second kappa shape index (κ2) is 8.47. The fraction of sp³-hybridized carbons (Fsp3) is 0.500. The Kier molecular flexibility index (Phi) is 6.35. The monoisotopic (exact) mass is 332 g/mol. The highest BCUT2D eigenvalue weighted by Crippen LogP contribution is 2.31. The first-order valence-corrected chi connectivity index (χ1v) is 8.45. The van der Waals surface area contributed by atoms with Gasteiger partial charge in [-0.15, -0.1) is 0 Å². The maximum atomic E-state index is 12.4. The van der Waals surface area contributed by atoms with Gasteiger partial charge in [0.15, 0.2) is 0 Å². The van der Waals surface area contributed by atoms with Gasteiger partial charge in [0.2, 0.25) is 11.8 Å². The van der Waals surface area contributed by atoms with Crippen molar-refractivity contribution in [1.82, 2.24) is 0 Å². The minimum absolute atomic E-state index is 0.0409. The van der Waals surface area contributed by atoms with Gasteiger partial charge in [-0.1, -0.05) is 19.8 Å². The number of nitrogens with one attached hydrogen (secondary N) is 2. The third-order valence-corrected chi connectivity index (χ3v) is 4.33. The molecule has 1 aromatic carbocycles. The molecule has 0 aliphatic heterocycles. The molecule has 1 fully saturated rings. The number of carboxylic acid groups (broad SMARTS) is 1. The van der Waals surface area contributed by atoms with E-state index in [0.717, 1.165) is 19.3 Å². The molecule has 0 spiro atoms. The maximum Gasteiger partial charge on any atom is 0.307 e. The molecule has 6 heteroatoms. The summed E-state index contributed by atoms with van der Waals surface area (Å²) in [4.78, 5) is 35.2. The van der Waals surface area contributed by atoms with Gasteiger partial charge in [0.1, 0.15) is 0 Å². The van der Waals surface area contributed by atoms with Crippen molar-refractivity contribution < 1.29 is 19.5 Å². The number of anilines is 2. The van der Waals surface area contributed by atoms with Gasteiger partial charge in [-0.3, -0.25) is 14.4 Å². The highest BCUT2D eigenvalue weighted by atomic mass is 16.4. The molecule has 3 N–H and O–H groups in total. The van der Waals surface area contributed by atoms with Gasteiger partial charge in [0, 0.05) is 17.8 Å². The number of hydrogen-bond donors (Lipinski definition) is 3. The molecule has 0 unspecified atom stereocenters. The van der Waals surface area contributed by atoms with Crippen LogP contribution in [0.3, 0.4) is 0 Å². The molecule has 0 radical (unpaired) electrons. The molecule has 24 heavy (non-hydrogen) atoms. The number of amides is 2. The lowest BCUT2D eigenvalue weighted by Gasteiger charge is -2.27. The van der Waals surface area contributed by atoms with Gasteiger partial charge < -0.3 is 15.7 Å². The third-order valence-electron chi connectivity index (χ3n) is 4.33. The van der Waals surface area contributed by atoms with Crippen LogP contribution in [-0.4, -0.2) is 22.9 Å². The van der Waals surface area contributed by atoms with Gasteiger partial charge in [-0.05, 0) is 43.5 Å². The Labute approximate surface area is 141 Å². The molecule has 0 aromatic heterocycles. The van der Waals surface area contributed by atoms with Crippen LogP contribution in [0.5, 0.6) is 0 Å². The summed E-state index contributed by atoms with van der Waals surface area (Å²) >= 11 is 0. The molecule has 1 aromatic rings. The molecule has 130 valence electrons. The quantitative estimate of drug-likeness (QED) is 0.745. The molecular weight excluding hydrogens is 308 g/mol. The summed E-state index contributed by atoms with van der Waals surface area (Å²) in [6, 6.07) is 6.85. The molecule has 0 bridgehead atoms. The van der Waals surface area contributed by atoms with Crippen LogP contribution in [0.1, 0.15) is 45.4 Å². The Bertz CT molecular complexity index is 598. The Morgan fingerprint density at radius 1 is 1.00 bits per heavy atom. The number of aliphatic carboxylic acids is 1. The van der Waals surface area contributed by atoms with Crippen molar-refractivity contribution in [3.8, 4) is 0 Å². The largest absolute Gasteiger partial charge is 0.481 e. The summed E-state index contributed by atoms with van der Waals surface area (Å²) in [5, 5.41) is 14.8. The van der Waals surface area contributed by atoms with E-state index in [9.17, 15) is 19.5 Å². The first kappa shape index (κ1) is 18.0. The number of benzene rings is 1. The highest BCUT2D eigenvalue weighted by molar-refractivity contribution is 5.96. The van der Waals surface area contributed by atoms with Crippen molar-refractivity contribution in [2.24, 2.45) is 11.8 Å². The number of carbonyl (C=O) groups excluding carboxylic acids is 2. The van der Waals surface area contributed by atoms with E-state index in [2.05, 4.69) is 10.6 Å². The van der Waals surface area contributed by atoms with E-state index in [1.807, 2.05) is 6.92 Å². The van der Waals surface area contributed by atoms with Crippen molar-refractivity contribution in [3.05, 3.63) is 24.3 Å². The lowest BCUT2D eigenvalue weighted by atomic mass is 9.78. The van der Waals surface area contributed by atoms with Crippen LogP contribution < -0.4 is 10.6 Å². The van der Waals surface area contributed by atoms with E-state index in [0.29, 0.717) is 30.6 Å². The predicted molar refractivity (Wildman–Crippen MR) is 91.7 cm³/mol. The lowest BCUT2D eigenvalue weighted by molar-refractivity contribution is -0.147. The molecular formula is C18H24N2O4. The third kappa shape index (κ3) is 4.81. The average Bonchev–Trinajstić information content (AvgIpc) is 2.56. The van der Waals surface area contributed by atoms with Crippen molar-refractivity contribution >= 4 is 29.2 Å². The Balaban J connectivity index is 1.96. The Hall–Kier alpha value is -2.37. The SMILES string of the molecule is CCCC(=O)Nc1ccc(NC(=O)[C@@H]2CCCC[C@H]2C(=O)O)cc1. The molecule has 1 aliphatic rings. The zero-order chi connectivity index (χ0) is 17.5. The van der Waals surface area contributed by atoms with Crippen molar-refractivity contribution in [1.29, 1.82) is 0 Å². The second-order valence-corrected chi connectivity index (χ2v) is 6.20. The van der Waals surface area contributed by atoms with Crippen LogP contribution in [0, 0.1) is 11.8 Å². The normalized spacial score (nSPS) is 20.2. The molecule has 2 atom stereocenters. The van der Waals surface area contributed by atoms with Crippen molar-refractivity contribution in [3.63, 3.8) is 0 Å². The summed E-state index contributed by atoms with van der Waals surface area (Å²) in [6.45, 7) is 1.94. The summed E-state index contributed by atoms with van der Waals surface area (Å²) in [6.07, 6.45) is 4.14. The van der Waals surface area contributed by atoms with Crippen LogP contribution in [-0.2, 0) is 14.4 Å². The lowest BCUT2D eigenvalue weighted by Crippen LogP contribution is -2.36. The second-order valence-electron chi connectivity index (χ2n) is 6.20. The average molecular weight is 332 g/mol. The fourth-order valence-corrected chi connectivity index (χ4v) is 3.06. The van der Waals surface area contributed by atoms with E-state index in [-0.39, 0.29) is 11.8 Å². The van der Waals surface area contributed by atoms with E-state index in [4.69, 9.17) is 0 Å². The highest BCUT2D eigenvalue weighted by Gasteiger charge is 2.35. The van der Waals surface area contributed by atoms with E-state index in [1.54, 1.807) is 24.3 Å². The van der Waals surface area contributed by atoms with Gasteiger partial charge in [0.05, 0.1) is 11.8 Å². The molecule has 6 nitrogen and oxygen atoms in total. The first-order chi connectivity index (χ1) is 11.5.